The van der Waals surface area contributed by atoms with E-state index in [0.29, 0.717) is 13.1 Å². The standard InChI is InChI=1S/C12H19BrN2OS.ClH/c1-3-12(4-2,8-14)11(16)15-7-10-9(13)5-6-17-10;/h5-6H,3-4,7-8,14H2,1-2H3,(H,15,16);1H. The van der Waals surface area contributed by atoms with Gasteiger partial charge in [0, 0.05) is 15.9 Å². The van der Waals surface area contributed by atoms with Crippen molar-refractivity contribution in [3.63, 3.8) is 0 Å². The van der Waals surface area contributed by atoms with Gasteiger partial charge in [-0.2, -0.15) is 0 Å². The van der Waals surface area contributed by atoms with Crippen LogP contribution in [0.4, 0.5) is 0 Å². The predicted molar refractivity (Wildman–Crippen MR) is 83.2 cm³/mol. The molecular weight excluding hydrogens is 336 g/mol. The Bertz CT molecular complexity index is 372. The number of nitrogens with two attached hydrogens (primary N) is 1. The lowest BCUT2D eigenvalue weighted by molar-refractivity contribution is -0.131. The van der Waals surface area contributed by atoms with E-state index in [9.17, 15) is 4.79 Å². The Morgan fingerprint density at radius 3 is 2.50 bits per heavy atom. The van der Waals surface area contributed by atoms with Crippen LogP contribution in [0, 0.1) is 5.41 Å². The van der Waals surface area contributed by atoms with Crippen molar-refractivity contribution in [1.82, 2.24) is 5.32 Å². The van der Waals surface area contributed by atoms with E-state index in [0.717, 1.165) is 22.2 Å². The van der Waals surface area contributed by atoms with Crippen LogP contribution in [0.5, 0.6) is 0 Å². The van der Waals surface area contributed by atoms with Gasteiger partial charge in [0.25, 0.3) is 0 Å². The van der Waals surface area contributed by atoms with Crippen LogP contribution in [0.2, 0.25) is 0 Å². The monoisotopic (exact) mass is 354 g/mol. The van der Waals surface area contributed by atoms with Crippen LogP contribution < -0.4 is 11.1 Å². The fourth-order valence-electron chi connectivity index (χ4n) is 1.75. The second-order valence-electron chi connectivity index (χ2n) is 4.07. The Morgan fingerprint density at radius 2 is 2.11 bits per heavy atom. The fourth-order valence-corrected chi connectivity index (χ4v) is 3.18. The lowest BCUT2D eigenvalue weighted by Gasteiger charge is -2.28. The topological polar surface area (TPSA) is 55.1 Å². The Balaban J connectivity index is 0.00000289. The van der Waals surface area contributed by atoms with Crippen molar-refractivity contribution in [2.45, 2.75) is 33.2 Å². The van der Waals surface area contributed by atoms with Gasteiger partial charge in [0.2, 0.25) is 5.91 Å². The zero-order valence-electron chi connectivity index (χ0n) is 10.7. The van der Waals surface area contributed by atoms with Crippen LogP contribution >= 0.6 is 39.7 Å². The largest absolute Gasteiger partial charge is 0.351 e. The van der Waals surface area contributed by atoms with E-state index in [4.69, 9.17) is 5.73 Å². The molecule has 0 radical (unpaired) electrons. The van der Waals surface area contributed by atoms with Gasteiger partial charge in [-0.1, -0.05) is 13.8 Å². The van der Waals surface area contributed by atoms with Gasteiger partial charge in [0.15, 0.2) is 0 Å². The molecule has 1 aromatic heterocycles. The fraction of sp³-hybridized carbons (Fsp3) is 0.583. The highest BCUT2D eigenvalue weighted by Crippen LogP contribution is 2.26. The second kappa shape index (κ2) is 8.15. The Morgan fingerprint density at radius 1 is 1.50 bits per heavy atom. The molecule has 3 nitrogen and oxygen atoms in total. The average molecular weight is 356 g/mol. The lowest BCUT2D eigenvalue weighted by Crippen LogP contribution is -2.44. The predicted octanol–water partition coefficient (Wildman–Crippen LogP) is 3.31. The second-order valence-corrected chi connectivity index (χ2v) is 5.92. The molecule has 3 N–H and O–H groups in total. The summed E-state index contributed by atoms with van der Waals surface area (Å²) in [5.41, 5.74) is 5.33. The average Bonchev–Trinajstić information content (AvgIpc) is 2.75. The van der Waals surface area contributed by atoms with Gasteiger partial charge in [0.05, 0.1) is 12.0 Å². The van der Waals surface area contributed by atoms with Crippen molar-refractivity contribution in [3.8, 4) is 0 Å². The molecule has 1 rings (SSSR count). The summed E-state index contributed by atoms with van der Waals surface area (Å²) in [6.45, 7) is 4.99. The molecule has 6 heteroatoms. The van der Waals surface area contributed by atoms with Crippen molar-refractivity contribution in [3.05, 3.63) is 20.8 Å². The maximum absolute atomic E-state index is 12.2. The van der Waals surface area contributed by atoms with Crippen molar-refractivity contribution in [1.29, 1.82) is 0 Å². The summed E-state index contributed by atoms with van der Waals surface area (Å²) in [6.07, 6.45) is 1.55. The highest BCUT2D eigenvalue weighted by atomic mass is 79.9. The number of hydrogen-bond donors (Lipinski definition) is 2. The van der Waals surface area contributed by atoms with Crippen LogP contribution in [0.1, 0.15) is 31.6 Å². The first kappa shape index (κ1) is 17.9. The molecule has 18 heavy (non-hydrogen) atoms. The third-order valence-electron chi connectivity index (χ3n) is 3.33. The quantitative estimate of drug-likeness (QED) is 0.822. The number of carbonyl (C=O) groups excluding carboxylic acids is 1. The molecule has 0 saturated heterocycles. The third-order valence-corrected chi connectivity index (χ3v) is 5.25. The summed E-state index contributed by atoms with van der Waals surface area (Å²) in [7, 11) is 0. The zero-order chi connectivity index (χ0) is 12.9. The number of rotatable bonds is 6. The van der Waals surface area contributed by atoms with Gasteiger partial charge in [-0.25, -0.2) is 0 Å². The summed E-state index contributed by atoms with van der Waals surface area (Å²) >= 11 is 5.08. The van der Waals surface area contributed by atoms with E-state index in [2.05, 4.69) is 21.2 Å². The van der Waals surface area contributed by atoms with E-state index in [1.807, 2.05) is 25.3 Å². The minimum Gasteiger partial charge on any atom is -0.351 e. The maximum Gasteiger partial charge on any atom is 0.227 e. The number of thiophene rings is 1. The van der Waals surface area contributed by atoms with Crippen molar-refractivity contribution in [2.75, 3.05) is 6.54 Å². The molecule has 1 heterocycles. The van der Waals surface area contributed by atoms with Gasteiger partial charge in [-0.05, 0) is 40.2 Å². The Kier molecular flexibility index (Phi) is 8.10. The summed E-state index contributed by atoms with van der Waals surface area (Å²) in [6, 6.07) is 1.99. The van der Waals surface area contributed by atoms with Crippen LogP contribution in [0.3, 0.4) is 0 Å². The maximum atomic E-state index is 12.2. The first-order valence-electron chi connectivity index (χ1n) is 5.80. The number of amides is 1. The summed E-state index contributed by atoms with van der Waals surface area (Å²) in [5.74, 6) is 0.0605. The van der Waals surface area contributed by atoms with Gasteiger partial charge in [-0.15, -0.1) is 23.7 Å². The number of hydrogen-bond acceptors (Lipinski definition) is 3. The van der Waals surface area contributed by atoms with E-state index >= 15 is 0 Å². The van der Waals surface area contributed by atoms with E-state index in [1.54, 1.807) is 11.3 Å². The first-order valence-corrected chi connectivity index (χ1v) is 7.47. The van der Waals surface area contributed by atoms with Crippen LogP contribution in [0.15, 0.2) is 15.9 Å². The third kappa shape index (κ3) is 3.95. The van der Waals surface area contributed by atoms with Gasteiger partial charge in [0.1, 0.15) is 0 Å². The highest BCUT2D eigenvalue weighted by Gasteiger charge is 2.33. The van der Waals surface area contributed by atoms with Crippen LogP contribution in [0.25, 0.3) is 0 Å². The SMILES string of the molecule is CCC(CC)(CN)C(=O)NCc1sccc1Br.Cl. The summed E-state index contributed by atoms with van der Waals surface area (Å²) in [4.78, 5) is 13.3. The number of carbonyl (C=O) groups is 1. The molecule has 0 bridgehead atoms. The zero-order valence-corrected chi connectivity index (χ0v) is 13.9. The molecule has 0 aliphatic rings. The highest BCUT2D eigenvalue weighted by molar-refractivity contribution is 9.10. The number of nitrogens with one attached hydrogen (secondary N) is 1. The van der Waals surface area contributed by atoms with Crippen molar-refractivity contribution >= 4 is 45.6 Å². The molecule has 0 aliphatic heterocycles. The Hall–Kier alpha value is -0.100. The molecule has 0 spiro atoms. The molecule has 1 amide bonds. The molecule has 0 atom stereocenters. The molecule has 0 unspecified atom stereocenters. The minimum absolute atomic E-state index is 0. The molecule has 0 saturated carbocycles. The molecule has 0 fully saturated rings. The van der Waals surface area contributed by atoms with Crippen molar-refractivity contribution < 1.29 is 4.79 Å². The van der Waals surface area contributed by atoms with Crippen LogP contribution in [-0.2, 0) is 11.3 Å². The first-order chi connectivity index (χ1) is 8.09. The minimum atomic E-state index is -0.413. The van der Waals surface area contributed by atoms with E-state index in [-0.39, 0.29) is 18.3 Å². The van der Waals surface area contributed by atoms with Gasteiger partial charge >= 0.3 is 0 Å². The lowest BCUT2D eigenvalue weighted by atomic mass is 9.81. The molecule has 0 aromatic carbocycles. The van der Waals surface area contributed by atoms with Gasteiger partial charge < -0.3 is 11.1 Å². The molecular formula is C12H20BrClN2OS. The van der Waals surface area contributed by atoms with Crippen molar-refractivity contribution in [2.24, 2.45) is 11.1 Å². The molecule has 0 aliphatic carbocycles. The smallest absolute Gasteiger partial charge is 0.227 e. The van der Waals surface area contributed by atoms with E-state index in [1.165, 1.54) is 0 Å². The normalized spacial score (nSPS) is 10.9. The molecule has 104 valence electrons. The number of halogens is 2. The van der Waals surface area contributed by atoms with Crippen LogP contribution in [-0.4, -0.2) is 12.5 Å². The molecule has 1 aromatic rings. The Labute approximate surface area is 127 Å². The van der Waals surface area contributed by atoms with Gasteiger partial charge in [-0.3, -0.25) is 4.79 Å². The summed E-state index contributed by atoms with van der Waals surface area (Å²) in [5, 5.41) is 4.98. The van der Waals surface area contributed by atoms with E-state index < -0.39 is 5.41 Å². The summed E-state index contributed by atoms with van der Waals surface area (Å²) < 4.78 is 1.05.